The van der Waals surface area contributed by atoms with Gasteiger partial charge in [0, 0.05) is 0 Å². The highest BCUT2D eigenvalue weighted by molar-refractivity contribution is 7.98. The van der Waals surface area contributed by atoms with E-state index in [4.69, 9.17) is 16.6 Å². The maximum Gasteiger partial charge on any atom is 0.326 e. The van der Waals surface area contributed by atoms with Crippen molar-refractivity contribution in [2.45, 2.75) is 70.1 Å². The molecule has 3 amide bonds. The average molecular weight is 492 g/mol. The van der Waals surface area contributed by atoms with Crippen molar-refractivity contribution in [3.05, 3.63) is 0 Å². The number of nitrogens with one attached hydrogen (secondary N) is 3. The van der Waals surface area contributed by atoms with Gasteiger partial charge in [-0.25, -0.2) is 4.79 Å². The normalized spacial score (nSPS) is 14.6. The van der Waals surface area contributed by atoms with Crippen LogP contribution in [-0.4, -0.2) is 82.6 Å². The predicted molar refractivity (Wildman–Crippen MR) is 124 cm³/mol. The fraction of sp³-hybridized carbons (Fsp3) is 0.750. The lowest BCUT2D eigenvalue weighted by molar-refractivity contribution is -0.144. The zero-order valence-corrected chi connectivity index (χ0v) is 20.2. The summed E-state index contributed by atoms with van der Waals surface area (Å²) in [4.78, 5) is 60.5. The third kappa shape index (κ3) is 12.4. The zero-order chi connectivity index (χ0) is 25.6. The second-order valence-electron chi connectivity index (χ2n) is 7.96. The summed E-state index contributed by atoms with van der Waals surface area (Å²) in [5, 5.41) is 25.6. The molecule has 0 radical (unpaired) electrons. The van der Waals surface area contributed by atoms with Crippen molar-refractivity contribution in [1.29, 1.82) is 0 Å². The van der Waals surface area contributed by atoms with Crippen LogP contribution in [0.25, 0.3) is 0 Å². The monoisotopic (exact) mass is 491 g/mol. The van der Waals surface area contributed by atoms with Crippen LogP contribution in [-0.2, 0) is 24.0 Å². The minimum Gasteiger partial charge on any atom is -0.481 e. The van der Waals surface area contributed by atoms with Gasteiger partial charge in [-0.15, -0.1) is 0 Å². The second kappa shape index (κ2) is 16.3. The van der Waals surface area contributed by atoms with Crippen LogP contribution in [0.2, 0.25) is 0 Å². The lowest BCUT2D eigenvalue weighted by atomic mass is 10.0. The van der Waals surface area contributed by atoms with E-state index in [1.165, 1.54) is 11.8 Å². The van der Waals surface area contributed by atoms with Crippen LogP contribution in [0.3, 0.4) is 0 Å². The molecule has 0 saturated heterocycles. The van der Waals surface area contributed by atoms with Crippen LogP contribution in [0.5, 0.6) is 0 Å². The first-order chi connectivity index (χ1) is 15.4. The highest BCUT2D eigenvalue weighted by Crippen LogP contribution is 2.07. The van der Waals surface area contributed by atoms with Crippen molar-refractivity contribution in [2.75, 3.05) is 18.6 Å². The molecule has 0 aliphatic carbocycles. The van der Waals surface area contributed by atoms with Crippen molar-refractivity contribution >= 4 is 41.4 Å². The first-order valence-corrected chi connectivity index (χ1v) is 12.1. The van der Waals surface area contributed by atoms with Crippen LogP contribution in [0, 0.1) is 5.92 Å². The number of carbonyl (C=O) groups is 5. The molecule has 0 saturated carbocycles. The summed E-state index contributed by atoms with van der Waals surface area (Å²) in [6, 6.07) is -4.68. The molecule has 13 heteroatoms. The molecule has 0 bridgehead atoms. The summed E-state index contributed by atoms with van der Waals surface area (Å²) in [6.07, 6.45) is 2.62. The van der Waals surface area contributed by atoms with Crippen molar-refractivity contribution in [3.8, 4) is 0 Å². The molecule has 0 aliphatic rings. The van der Waals surface area contributed by atoms with Crippen molar-refractivity contribution < 1.29 is 34.2 Å². The molecule has 4 unspecified atom stereocenters. The highest BCUT2D eigenvalue weighted by Gasteiger charge is 2.32. The number of nitrogens with two attached hydrogens (primary N) is 2. The number of hydrogen-bond donors (Lipinski definition) is 7. The Hall–Kier alpha value is -2.38. The van der Waals surface area contributed by atoms with Crippen molar-refractivity contribution in [2.24, 2.45) is 17.4 Å². The van der Waals surface area contributed by atoms with Gasteiger partial charge >= 0.3 is 11.9 Å². The number of thioether (sulfide) groups is 1. The summed E-state index contributed by atoms with van der Waals surface area (Å²) >= 11 is 1.52. The molecule has 0 spiro atoms. The standard InChI is InChI=1S/C20H37N5O7S/c1-11(2)16(25-17(28)12(22)7-9-33-3)19(30)24-14(10-15(26)27)18(29)23-13(20(31)32)6-4-5-8-21/h11-14,16H,4-10,21-22H2,1-3H3,(H,23,29)(H,24,30)(H,25,28)(H,26,27)(H,31,32). The molecule has 33 heavy (non-hydrogen) atoms. The molecule has 9 N–H and O–H groups in total. The number of carboxylic acids is 2. The van der Waals surface area contributed by atoms with Gasteiger partial charge in [0.05, 0.1) is 12.5 Å². The average Bonchev–Trinajstić information content (AvgIpc) is 2.73. The zero-order valence-electron chi connectivity index (χ0n) is 19.3. The lowest BCUT2D eigenvalue weighted by Gasteiger charge is -2.26. The number of carboxylic acid groups (broad SMARTS) is 2. The van der Waals surface area contributed by atoms with Crippen molar-refractivity contribution in [3.63, 3.8) is 0 Å². The Kier molecular flexibility index (Phi) is 15.1. The number of hydrogen-bond acceptors (Lipinski definition) is 8. The molecule has 0 heterocycles. The number of carbonyl (C=O) groups excluding carboxylic acids is 3. The Morgan fingerprint density at radius 3 is 1.97 bits per heavy atom. The van der Waals surface area contributed by atoms with E-state index in [1.807, 2.05) is 6.26 Å². The van der Waals surface area contributed by atoms with Gasteiger partial charge in [0.2, 0.25) is 17.7 Å². The molecule has 0 aromatic heterocycles. The largest absolute Gasteiger partial charge is 0.481 e. The number of amides is 3. The molecule has 0 fully saturated rings. The maximum absolute atomic E-state index is 12.8. The quantitative estimate of drug-likeness (QED) is 0.121. The van der Waals surface area contributed by atoms with Gasteiger partial charge in [-0.3, -0.25) is 19.2 Å². The summed E-state index contributed by atoms with van der Waals surface area (Å²) < 4.78 is 0. The van der Waals surface area contributed by atoms with Gasteiger partial charge in [0.25, 0.3) is 0 Å². The van der Waals surface area contributed by atoms with Gasteiger partial charge in [-0.05, 0) is 50.2 Å². The van der Waals surface area contributed by atoms with Crippen LogP contribution >= 0.6 is 11.8 Å². The third-order valence-electron chi connectivity index (χ3n) is 4.79. The Bertz CT molecular complexity index is 677. The Balaban J connectivity index is 5.35. The SMILES string of the molecule is CSCCC(N)C(=O)NC(C(=O)NC(CC(=O)O)C(=O)NC(CCCCN)C(=O)O)C(C)C. The first kappa shape index (κ1) is 30.6. The van der Waals surface area contributed by atoms with Crippen molar-refractivity contribution in [1.82, 2.24) is 16.0 Å². The van der Waals surface area contributed by atoms with E-state index in [2.05, 4.69) is 16.0 Å². The van der Waals surface area contributed by atoms with E-state index in [1.54, 1.807) is 13.8 Å². The summed E-state index contributed by atoms with van der Waals surface area (Å²) in [6.45, 7) is 3.70. The molecule has 0 aliphatic heterocycles. The molecular weight excluding hydrogens is 454 g/mol. The van der Waals surface area contributed by atoms with Gasteiger partial charge in [-0.1, -0.05) is 13.8 Å². The minimum absolute atomic E-state index is 0.102. The van der Waals surface area contributed by atoms with Gasteiger partial charge in [-0.2, -0.15) is 11.8 Å². The van der Waals surface area contributed by atoms with E-state index in [0.717, 1.165) is 0 Å². The van der Waals surface area contributed by atoms with Crippen LogP contribution in [0.1, 0.15) is 46.0 Å². The number of unbranched alkanes of at least 4 members (excludes halogenated alkanes) is 1. The van der Waals surface area contributed by atoms with E-state index in [-0.39, 0.29) is 6.42 Å². The van der Waals surface area contributed by atoms with E-state index in [9.17, 15) is 29.1 Å². The van der Waals surface area contributed by atoms with Crippen LogP contribution < -0.4 is 27.4 Å². The lowest BCUT2D eigenvalue weighted by Crippen LogP contribution is -2.58. The predicted octanol–water partition coefficient (Wildman–Crippen LogP) is -1.13. The Labute approximate surface area is 198 Å². The van der Waals surface area contributed by atoms with Crippen LogP contribution in [0.15, 0.2) is 0 Å². The van der Waals surface area contributed by atoms with Gasteiger partial charge in [0.15, 0.2) is 0 Å². The second-order valence-corrected chi connectivity index (χ2v) is 8.95. The van der Waals surface area contributed by atoms with E-state index in [0.29, 0.717) is 31.6 Å². The Morgan fingerprint density at radius 2 is 1.48 bits per heavy atom. The first-order valence-electron chi connectivity index (χ1n) is 10.7. The molecule has 0 aromatic carbocycles. The summed E-state index contributed by atoms with van der Waals surface area (Å²) in [5.41, 5.74) is 11.2. The molecular formula is C20H37N5O7S. The molecule has 190 valence electrons. The van der Waals surface area contributed by atoms with E-state index >= 15 is 0 Å². The maximum atomic E-state index is 12.8. The smallest absolute Gasteiger partial charge is 0.326 e. The third-order valence-corrected chi connectivity index (χ3v) is 5.43. The number of aliphatic carboxylic acids is 2. The van der Waals surface area contributed by atoms with Gasteiger partial charge < -0.3 is 37.6 Å². The Morgan fingerprint density at radius 1 is 0.879 bits per heavy atom. The molecule has 4 atom stereocenters. The summed E-state index contributed by atoms with van der Waals surface area (Å²) in [5.74, 6) is -4.64. The fourth-order valence-electron chi connectivity index (χ4n) is 2.84. The fourth-order valence-corrected chi connectivity index (χ4v) is 3.33. The number of rotatable bonds is 17. The van der Waals surface area contributed by atoms with Crippen LogP contribution in [0.4, 0.5) is 0 Å². The molecule has 0 rings (SSSR count). The topological polar surface area (TPSA) is 214 Å². The van der Waals surface area contributed by atoms with Gasteiger partial charge in [0.1, 0.15) is 18.1 Å². The highest BCUT2D eigenvalue weighted by atomic mass is 32.2. The minimum atomic E-state index is -1.53. The van der Waals surface area contributed by atoms with E-state index < -0.39 is 66.2 Å². The molecule has 0 aromatic rings. The summed E-state index contributed by atoms with van der Waals surface area (Å²) in [7, 11) is 0. The molecule has 12 nitrogen and oxygen atoms in total.